The van der Waals surface area contributed by atoms with Gasteiger partial charge < -0.3 is 25.0 Å². The Balaban J connectivity index is 2.08. The molecule has 2 rings (SSSR count). The van der Waals surface area contributed by atoms with Crippen molar-refractivity contribution in [2.75, 3.05) is 57.2 Å². The Morgan fingerprint density at radius 3 is 2.91 bits per heavy atom. The molecule has 8 heteroatoms. The quantitative estimate of drug-likeness (QED) is 0.780. The molecule has 1 aliphatic heterocycles. The van der Waals surface area contributed by atoms with Crippen molar-refractivity contribution in [1.29, 1.82) is 0 Å². The zero-order valence-electron chi connectivity index (χ0n) is 13.9. The molecule has 1 unspecified atom stereocenters. The van der Waals surface area contributed by atoms with Crippen molar-refractivity contribution in [2.24, 2.45) is 0 Å². The molecule has 1 amide bonds. The van der Waals surface area contributed by atoms with E-state index in [1.807, 2.05) is 17.9 Å². The number of carbonyl (C=O) groups is 1. The van der Waals surface area contributed by atoms with Gasteiger partial charge in [0.2, 0.25) is 11.9 Å². The molecule has 1 aromatic heterocycles. The van der Waals surface area contributed by atoms with Crippen LogP contribution < -0.4 is 10.2 Å². The molecule has 0 radical (unpaired) electrons. The number of aromatic nitrogens is 2. The lowest BCUT2D eigenvalue weighted by Gasteiger charge is -2.23. The molecule has 8 nitrogen and oxygen atoms in total. The van der Waals surface area contributed by atoms with Crippen LogP contribution in [0.1, 0.15) is 12.1 Å². The Labute approximate surface area is 136 Å². The summed E-state index contributed by atoms with van der Waals surface area (Å²) in [6.45, 7) is 4.25. The van der Waals surface area contributed by atoms with Crippen molar-refractivity contribution in [1.82, 2.24) is 14.9 Å². The fraction of sp³-hybridized carbons (Fsp3) is 0.667. The van der Waals surface area contributed by atoms with Crippen molar-refractivity contribution < 1.29 is 14.6 Å². The number of nitrogens with zero attached hydrogens (tertiary/aromatic N) is 4. The average Bonchev–Trinajstić information content (AvgIpc) is 2.73. The minimum absolute atomic E-state index is 0.00234. The number of anilines is 2. The van der Waals surface area contributed by atoms with Crippen LogP contribution in [0.15, 0.2) is 6.07 Å². The highest BCUT2D eigenvalue weighted by atomic mass is 16.5. The summed E-state index contributed by atoms with van der Waals surface area (Å²) in [6.07, 6.45) is -0.281. The van der Waals surface area contributed by atoms with Gasteiger partial charge in [0.05, 0.1) is 19.1 Å². The second kappa shape index (κ2) is 8.07. The van der Waals surface area contributed by atoms with Gasteiger partial charge in [-0.2, -0.15) is 4.98 Å². The van der Waals surface area contributed by atoms with Crippen LogP contribution >= 0.6 is 0 Å². The first kappa shape index (κ1) is 17.4. The number of aliphatic hydroxyl groups excluding tert-OH is 1. The van der Waals surface area contributed by atoms with Gasteiger partial charge in [-0.1, -0.05) is 0 Å². The monoisotopic (exact) mass is 323 g/mol. The van der Waals surface area contributed by atoms with Gasteiger partial charge in [0.25, 0.3) is 0 Å². The molecule has 0 saturated carbocycles. The number of aliphatic hydroxyl groups is 1. The van der Waals surface area contributed by atoms with Crippen LogP contribution in [0, 0.1) is 6.92 Å². The van der Waals surface area contributed by atoms with E-state index < -0.39 is 6.10 Å². The maximum Gasteiger partial charge on any atom is 0.225 e. The summed E-state index contributed by atoms with van der Waals surface area (Å²) in [6, 6.07) is 1.88. The Bertz CT molecular complexity index is 540. The average molecular weight is 323 g/mol. The molecule has 1 aliphatic rings. The first-order valence-corrected chi connectivity index (χ1v) is 7.76. The third-order valence-electron chi connectivity index (χ3n) is 3.76. The SMILES string of the molecule is CNc1nc(C)cc(N2CCN(C(=O)CCOC)CC(O)C2)n1. The van der Waals surface area contributed by atoms with Gasteiger partial charge in [-0.25, -0.2) is 4.98 Å². The highest BCUT2D eigenvalue weighted by Gasteiger charge is 2.25. The lowest BCUT2D eigenvalue weighted by Crippen LogP contribution is -2.38. The Morgan fingerprint density at radius 1 is 1.43 bits per heavy atom. The van der Waals surface area contributed by atoms with Crippen LogP contribution in [0.25, 0.3) is 0 Å². The molecule has 1 fully saturated rings. The summed E-state index contributed by atoms with van der Waals surface area (Å²) in [5.41, 5.74) is 0.853. The Kier molecular flexibility index (Phi) is 6.12. The van der Waals surface area contributed by atoms with E-state index in [1.54, 1.807) is 19.1 Å². The first-order chi connectivity index (χ1) is 11.0. The topological polar surface area (TPSA) is 90.8 Å². The standard InChI is InChI=1S/C15H25N5O3/c1-11-8-13(18-15(16-2)17-11)19-5-6-20(10-12(21)9-19)14(22)4-7-23-3/h8,12,21H,4-7,9-10H2,1-3H3,(H,16,17,18). The van der Waals surface area contributed by atoms with E-state index >= 15 is 0 Å². The van der Waals surface area contributed by atoms with E-state index in [2.05, 4.69) is 15.3 Å². The summed E-state index contributed by atoms with van der Waals surface area (Å²) >= 11 is 0. The molecule has 2 N–H and O–H groups in total. The van der Waals surface area contributed by atoms with Crippen LogP contribution in [0.2, 0.25) is 0 Å². The van der Waals surface area contributed by atoms with Crippen LogP contribution in [-0.2, 0) is 9.53 Å². The third kappa shape index (κ3) is 4.77. The third-order valence-corrected chi connectivity index (χ3v) is 3.76. The van der Waals surface area contributed by atoms with Crippen molar-refractivity contribution in [3.05, 3.63) is 11.8 Å². The molecule has 1 atom stereocenters. The van der Waals surface area contributed by atoms with Gasteiger partial charge in [0, 0.05) is 52.1 Å². The van der Waals surface area contributed by atoms with Crippen LogP contribution in [0.3, 0.4) is 0 Å². The summed E-state index contributed by atoms with van der Waals surface area (Å²) in [5, 5.41) is 13.2. The number of rotatable bonds is 5. The number of hydrogen-bond acceptors (Lipinski definition) is 7. The molecule has 1 saturated heterocycles. The number of hydrogen-bond donors (Lipinski definition) is 2. The van der Waals surface area contributed by atoms with Crippen LogP contribution in [-0.4, -0.2) is 78.9 Å². The Hall–Kier alpha value is -1.93. The fourth-order valence-corrected chi connectivity index (χ4v) is 2.60. The summed E-state index contributed by atoms with van der Waals surface area (Å²) in [5.74, 6) is 1.31. The summed E-state index contributed by atoms with van der Waals surface area (Å²) < 4.78 is 4.95. The molecule has 128 valence electrons. The largest absolute Gasteiger partial charge is 0.389 e. The lowest BCUT2D eigenvalue weighted by atomic mass is 10.3. The molecule has 2 heterocycles. The number of methoxy groups -OCH3 is 1. The Morgan fingerprint density at radius 2 is 2.22 bits per heavy atom. The van der Waals surface area contributed by atoms with Gasteiger partial charge in [-0.05, 0) is 6.92 Å². The highest BCUT2D eigenvalue weighted by molar-refractivity contribution is 5.76. The molecule has 0 aliphatic carbocycles. The maximum atomic E-state index is 12.1. The molecule has 23 heavy (non-hydrogen) atoms. The fourth-order valence-electron chi connectivity index (χ4n) is 2.60. The lowest BCUT2D eigenvalue weighted by molar-refractivity contribution is -0.133. The van der Waals surface area contributed by atoms with Crippen LogP contribution in [0.5, 0.6) is 0 Å². The molecule has 1 aromatic rings. The van der Waals surface area contributed by atoms with Gasteiger partial charge in [0.1, 0.15) is 5.82 Å². The van der Waals surface area contributed by atoms with Gasteiger partial charge in [-0.15, -0.1) is 0 Å². The molecule has 0 bridgehead atoms. The molecular weight excluding hydrogens is 298 g/mol. The number of ether oxygens (including phenoxy) is 1. The number of β-amino-alcohol motifs (C(OH)–C–C–N with tert-alkyl or cyclic N) is 1. The van der Waals surface area contributed by atoms with E-state index in [0.29, 0.717) is 45.2 Å². The van der Waals surface area contributed by atoms with Crippen molar-refractivity contribution in [3.63, 3.8) is 0 Å². The molecule has 0 spiro atoms. The molecular formula is C15H25N5O3. The van der Waals surface area contributed by atoms with Crippen LogP contribution in [0.4, 0.5) is 11.8 Å². The van der Waals surface area contributed by atoms with Crippen molar-refractivity contribution in [3.8, 4) is 0 Å². The summed E-state index contributed by atoms with van der Waals surface area (Å²) in [4.78, 5) is 24.5. The smallest absolute Gasteiger partial charge is 0.225 e. The zero-order valence-corrected chi connectivity index (χ0v) is 13.9. The van der Waals surface area contributed by atoms with E-state index in [9.17, 15) is 9.90 Å². The minimum atomic E-state index is -0.614. The normalized spacial score (nSPS) is 18.7. The van der Waals surface area contributed by atoms with Gasteiger partial charge >= 0.3 is 0 Å². The second-order valence-corrected chi connectivity index (χ2v) is 5.62. The first-order valence-electron chi connectivity index (χ1n) is 7.76. The minimum Gasteiger partial charge on any atom is -0.389 e. The second-order valence-electron chi connectivity index (χ2n) is 5.62. The number of amides is 1. The van der Waals surface area contributed by atoms with E-state index in [1.165, 1.54) is 0 Å². The summed E-state index contributed by atoms with van der Waals surface area (Å²) in [7, 11) is 3.34. The van der Waals surface area contributed by atoms with E-state index in [0.717, 1.165) is 11.5 Å². The van der Waals surface area contributed by atoms with Gasteiger partial charge in [0.15, 0.2) is 0 Å². The van der Waals surface area contributed by atoms with Crippen molar-refractivity contribution in [2.45, 2.75) is 19.4 Å². The predicted molar refractivity (Wildman–Crippen MR) is 87.6 cm³/mol. The predicted octanol–water partition coefficient (Wildman–Crippen LogP) is -0.127. The number of aryl methyl sites for hydroxylation is 1. The maximum absolute atomic E-state index is 12.1. The molecule has 0 aromatic carbocycles. The van der Waals surface area contributed by atoms with Crippen molar-refractivity contribution >= 4 is 17.7 Å². The number of nitrogens with one attached hydrogen (secondary N) is 1. The zero-order chi connectivity index (χ0) is 16.8. The number of carbonyl (C=O) groups excluding carboxylic acids is 1. The highest BCUT2D eigenvalue weighted by Crippen LogP contribution is 2.17. The van der Waals surface area contributed by atoms with E-state index in [4.69, 9.17) is 4.74 Å². The van der Waals surface area contributed by atoms with Gasteiger partial charge in [-0.3, -0.25) is 4.79 Å². The van der Waals surface area contributed by atoms with E-state index in [-0.39, 0.29) is 5.91 Å².